The zero-order valence-electron chi connectivity index (χ0n) is 9.82. The Morgan fingerprint density at radius 3 is 2.50 bits per heavy atom. The number of nitrogens with zero attached hydrogens (tertiary/aromatic N) is 1. The van der Waals surface area contributed by atoms with Crippen molar-refractivity contribution in [3.63, 3.8) is 0 Å². The molecule has 0 bridgehead atoms. The maximum absolute atomic E-state index is 5.24. The Morgan fingerprint density at radius 2 is 1.88 bits per heavy atom. The normalized spacial score (nSPS) is 11.7. The number of hydrogen-bond acceptors (Lipinski definition) is 2. The third-order valence-electron chi connectivity index (χ3n) is 2.58. The highest BCUT2D eigenvalue weighted by molar-refractivity contribution is 6.01. The lowest BCUT2D eigenvalue weighted by Crippen LogP contribution is -2.13. The van der Waals surface area contributed by atoms with E-state index < -0.39 is 0 Å². The first-order chi connectivity index (χ1) is 7.52. The Morgan fingerprint density at radius 1 is 1.12 bits per heavy atom. The van der Waals surface area contributed by atoms with Crippen LogP contribution in [0.3, 0.4) is 0 Å². The SMILES string of the molecule is [B]Oc1cccc2ccc(C(C)(C)C)nc12. The highest BCUT2D eigenvalue weighted by Gasteiger charge is 2.16. The summed E-state index contributed by atoms with van der Waals surface area (Å²) in [5, 5.41) is 1.04. The van der Waals surface area contributed by atoms with Gasteiger partial charge in [0.15, 0.2) is 0 Å². The maximum atomic E-state index is 5.24. The van der Waals surface area contributed by atoms with Crippen molar-refractivity contribution in [1.82, 2.24) is 4.98 Å². The van der Waals surface area contributed by atoms with Crippen molar-refractivity contribution < 1.29 is 4.65 Å². The largest absolute Gasteiger partial charge is 0.566 e. The minimum absolute atomic E-state index is 0.0237. The molecule has 0 unspecified atom stereocenters. The Labute approximate surface area is 97.1 Å². The van der Waals surface area contributed by atoms with E-state index in [0.29, 0.717) is 5.75 Å². The lowest BCUT2D eigenvalue weighted by Gasteiger charge is -2.18. The fourth-order valence-corrected chi connectivity index (χ4v) is 1.63. The van der Waals surface area contributed by atoms with Gasteiger partial charge in [-0.15, -0.1) is 0 Å². The lowest BCUT2D eigenvalue weighted by atomic mass is 9.91. The Kier molecular flexibility index (Phi) is 2.62. The number of benzene rings is 1. The summed E-state index contributed by atoms with van der Waals surface area (Å²) in [6, 6.07) is 9.82. The molecule has 3 heteroatoms. The first-order valence-corrected chi connectivity index (χ1v) is 5.29. The molecule has 2 aromatic rings. The fourth-order valence-electron chi connectivity index (χ4n) is 1.63. The predicted octanol–water partition coefficient (Wildman–Crippen LogP) is 2.99. The van der Waals surface area contributed by atoms with E-state index in [-0.39, 0.29) is 5.41 Å². The number of rotatable bonds is 1. The van der Waals surface area contributed by atoms with E-state index >= 15 is 0 Å². The summed E-state index contributed by atoms with van der Waals surface area (Å²) < 4.78 is 4.83. The molecule has 1 aromatic heterocycles. The molecule has 80 valence electrons. The zero-order valence-corrected chi connectivity index (χ0v) is 9.82. The van der Waals surface area contributed by atoms with Crippen LogP contribution in [0.5, 0.6) is 5.75 Å². The van der Waals surface area contributed by atoms with Crippen LogP contribution in [0, 0.1) is 0 Å². The predicted molar refractivity (Wildman–Crippen MR) is 66.8 cm³/mol. The van der Waals surface area contributed by atoms with Crippen molar-refractivity contribution in [3.8, 4) is 5.75 Å². The molecule has 0 atom stereocenters. The van der Waals surface area contributed by atoms with E-state index in [4.69, 9.17) is 12.7 Å². The van der Waals surface area contributed by atoms with Gasteiger partial charge in [0, 0.05) is 16.5 Å². The summed E-state index contributed by atoms with van der Waals surface area (Å²) in [5.74, 6) is 0.614. The highest BCUT2D eigenvalue weighted by atomic mass is 16.4. The average Bonchev–Trinajstić information content (AvgIpc) is 2.26. The van der Waals surface area contributed by atoms with Crippen LogP contribution in [-0.4, -0.2) is 13.0 Å². The molecule has 0 saturated heterocycles. The van der Waals surface area contributed by atoms with Gasteiger partial charge < -0.3 is 4.65 Å². The third kappa shape index (κ3) is 1.90. The average molecular weight is 211 g/mol. The van der Waals surface area contributed by atoms with Crippen molar-refractivity contribution in [3.05, 3.63) is 36.0 Å². The summed E-state index contributed by atoms with van der Waals surface area (Å²) in [7, 11) is 5.24. The van der Waals surface area contributed by atoms with Crippen molar-refractivity contribution in [2.24, 2.45) is 0 Å². The zero-order chi connectivity index (χ0) is 11.8. The summed E-state index contributed by atoms with van der Waals surface area (Å²) >= 11 is 0. The van der Waals surface area contributed by atoms with Crippen LogP contribution < -0.4 is 4.65 Å². The molecule has 0 aliphatic heterocycles. The number of pyridine rings is 1. The molecule has 0 N–H and O–H groups in total. The van der Waals surface area contributed by atoms with Crippen molar-refractivity contribution in [2.75, 3.05) is 0 Å². The van der Waals surface area contributed by atoms with Crippen LogP contribution in [0.1, 0.15) is 26.5 Å². The first kappa shape index (κ1) is 11.0. The van der Waals surface area contributed by atoms with Gasteiger partial charge in [-0.3, -0.25) is 0 Å². The fraction of sp³-hybridized carbons (Fsp3) is 0.308. The van der Waals surface area contributed by atoms with Crippen molar-refractivity contribution in [2.45, 2.75) is 26.2 Å². The van der Waals surface area contributed by atoms with Gasteiger partial charge in [0.1, 0.15) is 11.3 Å². The summed E-state index contributed by atoms with van der Waals surface area (Å²) in [6.07, 6.45) is 0. The monoisotopic (exact) mass is 211 g/mol. The van der Waals surface area contributed by atoms with Gasteiger partial charge in [0.05, 0.1) is 0 Å². The van der Waals surface area contributed by atoms with Gasteiger partial charge >= 0.3 is 8.05 Å². The van der Waals surface area contributed by atoms with Crippen molar-refractivity contribution >= 4 is 19.0 Å². The number of hydrogen-bond donors (Lipinski definition) is 0. The molecular weight excluding hydrogens is 197 g/mol. The van der Waals surface area contributed by atoms with E-state index in [1.807, 2.05) is 30.3 Å². The van der Waals surface area contributed by atoms with E-state index in [2.05, 4.69) is 25.8 Å². The van der Waals surface area contributed by atoms with Gasteiger partial charge in [-0.2, -0.15) is 0 Å². The number of fused-ring (bicyclic) bond motifs is 1. The second kappa shape index (κ2) is 3.82. The van der Waals surface area contributed by atoms with Gasteiger partial charge in [-0.1, -0.05) is 39.0 Å². The molecule has 1 heterocycles. The van der Waals surface area contributed by atoms with Gasteiger partial charge in [-0.05, 0) is 12.1 Å². The third-order valence-corrected chi connectivity index (χ3v) is 2.58. The van der Waals surface area contributed by atoms with E-state index in [0.717, 1.165) is 16.6 Å². The summed E-state index contributed by atoms with van der Waals surface area (Å²) in [6.45, 7) is 6.40. The van der Waals surface area contributed by atoms with Gasteiger partial charge in [0.2, 0.25) is 0 Å². The molecule has 2 rings (SSSR count). The summed E-state index contributed by atoms with van der Waals surface area (Å²) in [5.41, 5.74) is 1.87. The Bertz CT molecular complexity index is 517. The maximum Gasteiger partial charge on any atom is 0.374 e. The lowest BCUT2D eigenvalue weighted by molar-refractivity contribution is 0.569. The van der Waals surface area contributed by atoms with Gasteiger partial charge in [-0.25, -0.2) is 4.98 Å². The highest BCUT2D eigenvalue weighted by Crippen LogP contribution is 2.27. The number of aromatic nitrogens is 1. The standard InChI is InChI=1S/C13H14BNO/c1-13(2,3)11-8-7-9-5-4-6-10(16-14)12(9)15-11/h4-8H,1-3H3. The molecule has 0 fully saturated rings. The molecule has 16 heavy (non-hydrogen) atoms. The topological polar surface area (TPSA) is 22.1 Å². The van der Waals surface area contributed by atoms with E-state index in [1.165, 1.54) is 0 Å². The minimum atomic E-state index is 0.0237. The Hall–Kier alpha value is -1.51. The molecule has 0 spiro atoms. The van der Waals surface area contributed by atoms with Crippen LogP contribution in [0.4, 0.5) is 0 Å². The Balaban J connectivity index is 2.68. The molecule has 0 saturated carbocycles. The van der Waals surface area contributed by atoms with Crippen LogP contribution in [0.25, 0.3) is 10.9 Å². The van der Waals surface area contributed by atoms with Gasteiger partial charge in [0.25, 0.3) is 0 Å². The quantitative estimate of drug-likeness (QED) is 0.676. The van der Waals surface area contributed by atoms with Crippen LogP contribution in [0.2, 0.25) is 0 Å². The van der Waals surface area contributed by atoms with Crippen LogP contribution >= 0.6 is 0 Å². The van der Waals surface area contributed by atoms with Crippen LogP contribution in [-0.2, 0) is 5.41 Å². The number of para-hydroxylation sites is 1. The van der Waals surface area contributed by atoms with E-state index in [1.54, 1.807) is 0 Å². The van der Waals surface area contributed by atoms with Crippen LogP contribution in [0.15, 0.2) is 30.3 Å². The van der Waals surface area contributed by atoms with E-state index in [9.17, 15) is 0 Å². The molecule has 0 amide bonds. The first-order valence-electron chi connectivity index (χ1n) is 5.29. The molecule has 2 nitrogen and oxygen atoms in total. The van der Waals surface area contributed by atoms with Crippen molar-refractivity contribution in [1.29, 1.82) is 0 Å². The second-order valence-electron chi connectivity index (χ2n) is 4.89. The molecule has 0 aliphatic rings. The smallest absolute Gasteiger partial charge is 0.374 e. The molecular formula is C13H14BNO. The molecule has 1 aromatic carbocycles. The second-order valence-corrected chi connectivity index (χ2v) is 4.89. The summed E-state index contributed by atoms with van der Waals surface area (Å²) in [4.78, 5) is 4.61. The minimum Gasteiger partial charge on any atom is -0.566 e. The molecule has 2 radical (unpaired) electrons. The molecule has 0 aliphatic carbocycles.